The van der Waals surface area contributed by atoms with E-state index in [4.69, 9.17) is 5.73 Å². The second-order valence-corrected chi connectivity index (χ2v) is 3.99. The van der Waals surface area contributed by atoms with Crippen molar-refractivity contribution in [1.82, 2.24) is 15.0 Å². The lowest BCUT2D eigenvalue weighted by Crippen LogP contribution is -2.02. The first kappa shape index (κ1) is 10.6. The van der Waals surface area contributed by atoms with Gasteiger partial charge in [-0.05, 0) is 24.3 Å². The Morgan fingerprint density at radius 3 is 2.94 bits per heavy atom. The fourth-order valence-corrected chi connectivity index (χ4v) is 1.91. The summed E-state index contributed by atoms with van der Waals surface area (Å²) in [7, 11) is 0. The highest BCUT2D eigenvalue weighted by Gasteiger charge is 2.05. The molecule has 3 aromatic rings. The normalized spacial score (nSPS) is 10.7. The second kappa shape index (κ2) is 4.37. The number of aromatic nitrogens is 3. The maximum absolute atomic E-state index is 5.93. The average Bonchev–Trinajstić information content (AvgIpc) is 2.92. The van der Waals surface area contributed by atoms with Gasteiger partial charge in [0.1, 0.15) is 5.82 Å². The van der Waals surface area contributed by atoms with E-state index in [1.54, 1.807) is 18.6 Å². The molecule has 90 valence electrons. The van der Waals surface area contributed by atoms with E-state index >= 15 is 0 Å². The van der Waals surface area contributed by atoms with Crippen molar-refractivity contribution in [3.63, 3.8) is 0 Å². The van der Waals surface area contributed by atoms with Crippen LogP contribution in [0.4, 0.5) is 11.4 Å². The van der Waals surface area contributed by atoms with Gasteiger partial charge in [-0.3, -0.25) is 4.98 Å². The molecule has 18 heavy (non-hydrogen) atoms. The van der Waals surface area contributed by atoms with Gasteiger partial charge in [0.25, 0.3) is 0 Å². The Hall–Kier alpha value is -2.56. The van der Waals surface area contributed by atoms with Crippen molar-refractivity contribution in [1.29, 1.82) is 0 Å². The zero-order chi connectivity index (χ0) is 12.4. The van der Waals surface area contributed by atoms with E-state index < -0.39 is 0 Å². The highest BCUT2D eigenvalue weighted by molar-refractivity contribution is 5.98. The van der Waals surface area contributed by atoms with Crippen molar-refractivity contribution in [2.24, 2.45) is 0 Å². The number of hydrogen-bond donors (Lipinski definition) is 3. The first-order chi connectivity index (χ1) is 8.84. The summed E-state index contributed by atoms with van der Waals surface area (Å²) in [4.78, 5) is 11.6. The van der Waals surface area contributed by atoms with E-state index in [0.717, 1.165) is 28.1 Å². The lowest BCUT2D eigenvalue weighted by atomic mass is 10.1. The van der Waals surface area contributed by atoms with Crippen LogP contribution in [0.3, 0.4) is 0 Å². The molecule has 5 nitrogen and oxygen atoms in total. The number of nitrogens with zero attached hydrogens (tertiary/aromatic N) is 2. The van der Waals surface area contributed by atoms with Gasteiger partial charge in [-0.15, -0.1) is 0 Å². The molecule has 0 unspecified atom stereocenters. The first-order valence-corrected chi connectivity index (χ1v) is 5.70. The van der Waals surface area contributed by atoms with Crippen molar-refractivity contribution >= 4 is 22.3 Å². The molecule has 0 aliphatic rings. The molecule has 0 bridgehead atoms. The number of hydrogen-bond acceptors (Lipinski definition) is 4. The van der Waals surface area contributed by atoms with Crippen LogP contribution in [0.25, 0.3) is 10.9 Å². The third-order valence-corrected chi connectivity index (χ3v) is 2.80. The second-order valence-electron chi connectivity index (χ2n) is 3.99. The van der Waals surface area contributed by atoms with Crippen LogP contribution in [-0.4, -0.2) is 15.0 Å². The van der Waals surface area contributed by atoms with Crippen molar-refractivity contribution in [2.45, 2.75) is 6.54 Å². The number of nitrogens with two attached hydrogens (primary N) is 1. The van der Waals surface area contributed by atoms with Gasteiger partial charge in [0, 0.05) is 29.7 Å². The molecule has 0 spiro atoms. The van der Waals surface area contributed by atoms with Gasteiger partial charge in [-0.2, -0.15) is 0 Å². The predicted molar refractivity (Wildman–Crippen MR) is 72.1 cm³/mol. The number of rotatable bonds is 3. The van der Waals surface area contributed by atoms with E-state index in [-0.39, 0.29) is 0 Å². The molecule has 1 aromatic carbocycles. The highest BCUT2D eigenvalue weighted by atomic mass is 15.0. The van der Waals surface area contributed by atoms with Gasteiger partial charge in [-0.1, -0.05) is 0 Å². The molecule has 0 aliphatic carbocycles. The minimum Gasteiger partial charge on any atom is -0.398 e. The van der Waals surface area contributed by atoms with Gasteiger partial charge in [0.2, 0.25) is 0 Å². The van der Waals surface area contributed by atoms with Crippen molar-refractivity contribution in [3.8, 4) is 0 Å². The summed E-state index contributed by atoms with van der Waals surface area (Å²) in [5.41, 5.74) is 8.50. The van der Waals surface area contributed by atoms with E-state index in [1.807, 2.05) is 24.3 Å². The van der Waals surface area contributed by atoms with Crippen LogP contribution in [0.1, 0.15) is 5.82 Å². The molecule has 3 rings (SSSR count). The van der Waals surface area contributed by atoms with Gasteiger partial charge >= 0.3 is 0 Å². The number of imidazole rings is 1. The van der Waals surface area contributed by atoms with Gasteiger partial charge in [0.15, 0.2) is 0 Å². The number of anilines is 2. The number of nitrogen functional groups attached to an aromatic ring is 1. The van der Waals surface area contributed by atoms with E-state index in [9.17, 15) is 0 Å². The Morgan fingerprint density at radius 1 is 1.17 bits per heavy atom. The molecule has 2 heterocycles. The topological polar surface area (TPSA) is 79.6 Å². The number of benzene rings is 1. The Balaban J connectivity index is 1.94. The maximum atomic E-state index is 5.93. The minimum absolute atomic E-state index is 0.628. The third-order valence-electron chi connectivity index (χ3n) is 2.80. The minimum atomic E-state index is 0.628. The van der Waals surface area contributed by atoms with E-state index in [0.29, 0.717) is 6.54 Å². The molecule has 0 atom stereocenters. The Bertz CT molecular complexity index is 660. The van der Waals surface area contributed by atoms with Gasteiger partial charge in [-0.25, -0.2) is 4.98 Å². The summed E-state index contributed by atoms with van der Waals surface area (Å²) in [5.74, 6) is 0.885. The standard InChI is InChI=1S/C13H13N5/c14-10-3-4-11(13-9(10)2-1-5-17-13)18-8-12-15-6-7-16-12/h1-7,18H,8,14H2,(H,15,16). The van der Waals surface area contributed by atoms with Crippen molar-refractivity contribution < 1.29 is 0 Å². The maximum Gasteiger partial charge on any atom is 0.125 e. The van der Waals surface area contributed by atoms with Gasteiger partial charge in [0.05, 0.1) is 17.7 Å². The van der Waals surface area contributed by atoms with Crippen LogP contribution in [0.2, 0.25) is 0 Å². The fraction of sp³-hybridized carbons (Fsp3) is 0.0769. The molecular formula is C13H13N5. The Labute approximate surface area is 104 Å². The monoisotopic (exact) mass is 239 g/mol. The predicted octanol–water partition coefficient (Wildman–Crippen LogP) is 2.15. The largest absolute Gasteiger partial charge is 0.398 e. The lowest BCUT2D eigenvalue weighted by molar-refractivity contribution is 1.00. The summed E-state index contributed by atoms with van der Waals surface area (Å²) in [6, 6.07) is 7.67. The molecule has 0 fully saturated rings. The zero-order valence-electron chi connectivity index (χ0n) is 9.72. The van der Waals surface area contributed by atoms with Crippen LogP contribution in [0.5, 0.6) is 0 Å². The smallest absolute Gasteiger partial charge is 0.125 e. The molecule has 5 heteroatoms. The highest BCUT2D eigenvalue weighted by Crippen LogP contribution is 2.26. The quantitative estimate of drug-likeness (QED) is 0.612. The molecular weight excluding hydrogens is 226 g/mol. The molecule has 4 N–H and O–H groups in total. The molecule has 2 aromatic heterocycles. The molecule has 0 aliphatic heterocycles. The summed E-state index contributed by atoms with van der Waals surface area (Å²) in [5, 5.41) is 4.27. The van der Waals surface area contributed by atoms with Crippen LogP contribution in [0, 0.1) is 0 Å². The zero-order valence-corrected chi connectivity index (χ0v) is 9.72. The molecule has 0 saturated carbocycles. The summed E-state index contributed by atoms with van der Waals surface area (Å²) >= 11 is 0. The first-order valence-electron chi connectivity index (χ1n) is 5.70. The number of H-pyrrole nitrogens is 1. The molecule has 0 saturated heterocycles. The number of nitrogens with one attached hydrogen (secondary N) is 2. The summed E-state index contributed by atoms with van der Waals surface area (Å²) < 4.78 is 0. The SMILES string of the molecule is Nc1ccc(NCc2ncc[nH]2)c2ncccc12. The van der Waals surface area contributed by atoms with Crippen LogP contribution in [0.15, 0.2) is 42.9 Å². The van der Waals surface area contributed by atoms with Crippen LogP contribution >= 0.6 is 0 Å². The Morgan fingerprint density at radius 2 is 2.11 bits per heavy atom. The van der Waals surface area contributed by atoms with E-state index in [1.165, 1.54) is 0 Å². The molecule has 0 radical (unpaired) electrons. The van der Waals surface area contributed by atoms with Crippen LogP contribution in [-0.2, 0) is 6.54 Å². The molecule has 0 amide bonds. The summed E-state index contributed by atoms with van der Waals surface area (Å²) in [6.07, 6.45) is 5.30. The lowest BCUT2D eigenvalue weighted by Gasteiger charge is -2.09. The van der Waals surface area contributed by atoms with Crippen molar-refractivity contribution in [2.75, 3.05) is 11.1 Å². The Kier molecular flexibility index (Phi) is 2.57. The number of fused-ring (bicyclic) bond motifs is 1. The average molecular weight is 239 g/mol. The van der Waals surface area contributed by atoms with Gasteiger partial charge < -0.3 is 16.0 Å². The summed E-state index contributed by atoms with van der Waals surface area (Å²) in [6.45, 7) is 0.628. The number of pyridine rings is 1. The fourth-order valence-electron chi connectivity index (χ4n) is 1.91. The van der Waals surface area contributed by atoms with Crippen LogP contribution < -0.4 is 11.1 Å². The van der Waals surface area contributed by atoms with E-state index in [2.05, 4.69) is 20.3 Å². The van der Waals surface area contributed by atoms with Crippen molar-refractivity contribution in [3.05, 3.63) is 48.7 Å². The third kappa shape index (κ3) is 1.86. The number of aromatic amines is 1.